The van der Waals surface area contributed by atoms with Gasteiger partial charge >= 0.3 is 0 Å². The highest BCUT2D eigenvalue weighted by molar-refractivity contribution is 7.88. The first-order valence-corrected chi connectivity index (χ1v) is 13.1. The molecule has 7 nitrogen and oxygen atoms in total. The molecule has 2 atom stereocenters. The number of rotatable bonds is 7. The van der Waals surface area contributed by atoms with Crippen molar-refractivity contribution in [3.63, 3.8) is 0 Å². The number of nitrogens with one attached hydrogen (secondary N) is 1. The molecule has 0 unspecified atom stereocenters. The van der Waals surface area contributed by atoms with E-state index in [0.29, 0.717) is 31.2 Å². The second-order valence-electron chi connectivity index (χ2n) is 8.78. The van der Waals surface area contributed by atoms with Crippen molar-refractivity contribution < 1.29 is 13.2 Å². The second kappa shape index (κ2) is 9.99. The number of nitriles is 1. The van der Waals surface area contributed by atoms with Crippen molar-refractivity contribution in [1.29, 1.82) is 5.26 Å². The fourth-order valence-corrected chi connectivity index (χ4v) is 5.76. The van der Waals surface area contributed by atoms with Crippen molar-refractivity contribution in [2.45, 2.75) is 56.2 Å². The minimum atomic E-state index is -3.33. The molecular formula is C24H30N4O3S. The maximum atomic E-state index is 11.9. The summed E-state index contributed by atoms with van der Waals surface area (Å²) >= 11 is 0. The fourth-order valence-electron chi connectivity index (χ4n) is 4.94. The van der Waals surface area contributed by atoms with Crippen LogP contribution in [0.3, 0.4) is 0 Å². The van der Waals surface area contributed by atoms with Crippen LogP contribution < -0.4 is 9.62 Å². The van der Waals surface area contributed by atoms with Crippen molar-refractivity contribution in [1.82, 2.24) is 9.71 Å². The van der Waals surface area contributed by atoms with E-state index in [4.69, 9.17) is 10.00 Å². The summed E-state index contributed by atoms with van der Waals surface area (Å²) in [6, 6.07) is 15.9. The highest BCUT2D eigenvalue weighted by Gasteiger charge is 2.37. The highest BCUT2D eigenvalue weighted by atomic mass is 32.2. The molecule has 170 valence electrons. The SMILES string of the molecule is CS(=O)(=O)N[C@H]1CCN(c2ccc(C#N)nc2)[C@H]1CO[C@H]1CC[C@@H](c2ccccc2)CC1. The van der Waals surface area contributed by atoms with Crippen LogP contribution in [0.4, 0.5) is 5.69 Å². The van der Waals surface area contributed by atoms with E-state index in [2.05, 4.69) is 44.9 Å². The number of hydrogen-bond acceptors (Lipinski definition) is 6. The van der Waals surface area contributed by atoms with Crippen LogP contribution in [-0.2, 0) is 14.8 Å². The van der Waals surface area contributed by atoms with Gasteiger partial charge in [-0.2, -0.15) is 5.26 Å². The number of hydrogen-bond donors (Lipinski definition) is 1. The molecule has 1 aromatic heterocycles. The molecule has 32 heavy (non-hydrogen) atoms. The molecule has 2 aliphatic rings. The topological polar surface area (TPSA) is 95.3 Å². The third-order valence-electron chi connectivity index (χ3n) is 6.55. The summed E-state index contributed by atoms with van der Waals surface area (Å²) < 4.78 is 33.0. The van der Waals surface area contributed by atoms with Gasteiger partial charge in [0, 0.05) is 12.6 Å². The molecule has 1 aliphatic carbocycles. The number of aromatic nitrogens is 1. The van der Waals surface area contributed by atoms with Gasteiger partial charge in [-0.3, -0.25) is 0 Å². The Bertz CT molecular complexity index is 1030. The van der Waals surface area contributed by atoms with Crippen molar-refractivity contribution in [3.8, 4) is 6.07 Å². The van der Waals surface area contributed by atoms with E-state index in [9.17, 15) is 8.42 Å². The fraction of sp³-hybridized carbons (Fsp3) is 0.500. The van der Waals surface area contributed by atoms with Gasteiger partial charge in [0.1, 0.15) is 11.8 Å². The molecule has 2 fully saturated rings. The van der Waals surface area contributed by atoms with Gasteiger partial charge in [0.25, 0.3) is 0 Å². The predicted octanol–water partition coefficient (Wildman–Crippen LogP) is 3.19. The Kier molecular flexibility index (Phi) is 7.09. The first-order chi connectivity index (χ1) is 15.4. The van der Waals surface area contributed by atoms with E-state index in [1.807, 2.05) is 12.1 Å². The van der Waals surface area contributed by atoms with Gasteiger partial charge < -0.3 is 9.64 Å². The van der Waals surface area contributed by atoms with Gasteiger partial charge in [-0.05, 0) is 55.7 Å². The van der Waals surface area contributed by atoms with Gasteiger partial charge in [0.15, 0.2) is 0 Å². The lowest BCUT2D eigenvalue weighted by Crippen LogP contribution is -2.48. The van der Waals surface area contributed by atoms with E-state index >= 15 is 0 Å². The molecule has 1 aromatic carbocycles. The van der Waals surface area contributed by atoms with E-state index in [1.54, 1.807) is 12.3 Å². The Morgan fingerprint density at radius 3 is 2.50 bits per heavy atom. The van der Waals surface area contributed by atoms with Gasteiger partial charge in [0.2, 0.25) is 10.0 Å². The third kappa shape index (κ3) is 5.66. The molecule has 1 N–H and O–H groups in total. The minimum absolute atomic E-state index is 0.119. The minimum Gasteiger partial charge on any atom is -0.376 e. The molecule has 0 spiro atoms. The molecule has 0 bridgehead atoms. The zero-order valence-electron chi connectivity index (χ0n) is 18.4. The smallest absolute Gasteiger partial charge is 0.209 e. The lowest BCUT2D eigenvalue weighted by Gasteiger charge is -2.33. The third-order valence-corrected chi connectivity index (χ3v) is 7.28. The Morgan fingerprint density at radius 1 is 1.12 bits per heavy atom. The first kappa shape index (κ1) is 22.7. The van der Waals surface area contributed by atoms with E-state index in [-0.39, 0.29) is 18.2 Å². The molecule has 8 heteroatoms. The van der Waals surface area contributed by atoms with Crippen molar-refractivity contribution in [2.75, 3.05) is 24.3 Å². The van der Waals surface area contributed by atoms with E-state index in [1.165, 1.54) is 11.8 Å². The number of sulfonamides is 1. The second-order valence-corrected chi connectivity index (χ2v) is 10.6. The number of nitrogens with zero attached hydrogens (tertiary/aromatic N) is 3. The molecule has 1 saturated heterocycles. The number of pyridine rings is 1. The maximum absolute atomic E-state index is 11.9. The Morgan fingerprint density at radius 2 is 1.88 bits per heavy atom. The zero-order valence-corrected chi connectivity index (χ0v) is 19.2. The van der Waals surface area contributed by atoms with Crippen LogP contribution in [0.2, 0.25) is 0 Å². The molecule has 0 amide bonds. The van der Waals surface area contributed by atoms with Gasteiger partial charge in [-0.15, -0.1) is 0 Å². The largest absolute Gasteiger partial charge is 0.376 e. The quantitative estimate of drug-likeness (QED) is 0.690. The van der Waals surface area contributed by atoms with Crippen molar-refractivity contribution in [2.24, 2.45) is 0 Å². The molecule has 1 aliphatic heterocycles. The summed E-state index contributed by atoms with van der Waals surface area (Å²) in [6.07, 6.45) is 7.99. The van der Waals surface area contributed by atoms with Gasteiger partial charge in [-0.1, -0.05) is 30.3 Å². The summed E-state index contributed by atoms with van der Waals surface area (Å²) in [4.78, 5) is 6.33. The van der Waals surface area contributed by atoms with Crippen molar-refractivity contribution in [3.05, 3.63) is 59.9 Å². The summed E-state index contributed by atoms with van der Waals surface area (Å²) in [6.45, 7) is 1.16. The van der Waals surface area contributed by atoms with E-state index in [0.717, 1.165) is 31.4 Å². The lowest BCUT2D eigenvalue weighted by atomic mass is 9.83. The average molecular weight is 455 g/mol. The van der Waals surface area contributed by atoms with Gasteiger partial charge in [0.05, 0.1) is 36.9 Å². The standard InChI is InChI=1S/C24H30N4O3S/c1-32(29,30)27-23-13-14-28(21-10-9-20(15-25)26-16-21)24(23)17-31-22-11-7-19(8-12-22)18-5-3-2-4-6-18/h2-6,9-10,16,19,22-24,27H,7-8,11-14,17H2,1H3/t19-,22+,23-,24-/m0/s1. The van der Waals surface area contributed by atoms with Crippen LogP contribution >= 0.6 is 0 Å². The van der Waals surface area contributed by atoms with E-state index < -0.39 is 10.0 Å². The summed E-state index contributed by atoms with van der Waals surface area (Å²) in [5.74, 6) is 0.586. The Balaban J connectivity index is 1.40. The van der Waals surface area contributed by atoms with Crippen LogP contribution in [0.5, 0.6) is 0 Å². The highest BCUT2D eigenvalue weighted by Crippen LogP contribution is 2.34. The average Bonchev–Trinajstić information content (AvgIpc) is 3.19. The molecule has 2 aromatic rings. The van der Waals surface area contributed by atoms with Gasteiger partial charge in [-0.25, -0.2) is 18.1 Å². The molecule has 2 heterocycles. The molecule has 4 rings (SSSR count). The molecular weight excluding hydrogens is 424 g/mol. The van der Waals surface area contributed by atoms with Crippen LogP contribution in [0, 0.1) is 11.3 Å². The number of benzene rings is 1. The Labute approximate surface area is 190 Å². The maximum Gasteiger partial charge on any atom is 0.209 e. The number of anilines is 1. The number of ether oxygens (including phenoxy) is 1. The summed E-state index contributed by atoms with van der Waals surface area (Å²) in [7, 11) is -3.33. The van der Waals surface area contributed by atoms with Crippen LogP contribution in [-0.4, -0.2) is 51.0 Å². The first-order valence-electron chi connectivity index (χ1n) is 11.2. The predicted molar refractivity (Wildman–Crippen MR) is 124 cm³/mol. The van der Waals surface area contributed by atoms with Crippen LogP contribution in [0.25, 0.3) is 0 Å². The molecule has 0 radical (unpaired) electrons. The van der Waals surface area contributed by atoms with Crippen LogP contribution in [0.15, 0.2) is 48.7 Å². The van der Waals surface area contributed by atoms with Crippen molar-refractivity contribution >= 4 is 15.7 Å². The normalized spacial score (nSPS) is 26.1. The zero-order chi connectivity index (χ0) is 22.6. The summed E-state index contributed by atoms with van der Waals surface area (Å²) in [5.41, 5.74) is 2.64. The summed E-state index contributed by atoms with van der Waals surface area (Å²) in [5, 5.41) is 9.01. The molecule has 1 saturated carbocycles. The Hall–Kier alpha value is -2.47. The monoisotopic (exact) mass is 454 g/mol. The lowest BCUT2D eigenvalue weighted by molar-refractivity contribution is 0.0157. The van der Waals surface area contributed by atoms with Crippen LogP contribution in [0.1, 0.15) is 49.3 Å².